The van der Waals surface area contributed by atoms with Crippen LogP contribution in [0.25, 0.3) is 0 Å². The van der Waals surface area contributed by atoms with Gasteiger partial charge in [-0.2, -0.15) is 0 Å². The molecular formula is C20H24N2O5. The van der Waals surface area contributed by atoms with E-state index in [1.54, 1.807) is 37.3 Å². The van der Waals surface area contributed by atoms with Crippen LogP contribution in [0.2, 0.25) is 0 Å². The van der Waals surface area contributed by atoms with E-state index in [1.165, 1.54) is 6.26 Å². The molecule has 7 heteroatoms. The van der Waals surface area contributed by atoms with Crippen LogP contribution in [-0.4, -0.2) is 44.0 Å². The number of likely N-dealkylation sites (tertiary alicyclic amines) is 1. The Bertz CT molecular complexity index is 780. The molecule has 0 atom stereocenters. The predicted octanol–water partition coefficient (Wildman–Crippen LogP) is 2.47. The van der Waals surface area contributed by atoms with E-state index in [0.717, 1.165) is 5.56 Å². The second kappa shape index (κ2) is 8.62. The number of rotatable bonds is 6. The van der Waals surface area contributed by atoms with Gasteiger partial charge in [-0.15, -0.1) is 0 Å². The van der Waals surface area contributed by atoms with E-state index in [2.05, 4.69) is 5.32 Å². The molecule has 0 spiro atoms. The van der Waals surface area contributed by atoms with Gasteiger partial charge < -0.3 is 24.1 Å². The van der Waals surface area contributed by atoms with Gasteiger partial charge in [0.05, 0.1) is 20.5 Å². The Balaban J connectivity index is 1.51. The molecule has 0 saturated carbocycles. The van der Waals surface area contributed by atoms with Crippen LogP contribution in [0.3, 0.4) is 0 Å². The number of carbonyl (C=O) groups is 2. The Morgan fingerprint density at radius 3 is 2.59 bits per heavy atom. The maximum absolute atomic E-state index is 12.5. The van der Waals surface area contributed by atoms with Crippen LogP contribution in [0.15, 0.2) is 41.0 Å². The summed E-state index contributed by atoms with van der Waals surface area (Å²) in [6, 6.07) is 8.86. The van der Waals surface area contributed by atoms with Gasteiger partial charge in [0.25, 0.3) is 5.91 Å². The van der Waals surface area contributed by atoms with E-state index in [1.807, 2.05) is 12.1 Å². The van der Waals surface area contributed by atoms with Crippen LogP contribution in [0.4, 0.5) is 0 Å². The third kappa shape index (κ3) is 4.42. The molecule has 0 bridgehead atoms. The quantitative estimate of drug-likeness (QED) is 0.842. The molecule has 2 heterocycles. The Hall–Kier alpha value is -2.96. The lowest BCUT2D eigenvalue weighted by Crippen LogP contribution is -2.42. The van der Waals surface area contributed by atoms with Gasteiger partial charge in [0, 0.05) is 37.2 Å². The van der Waals surface area contributed by atoms with E-state index < -0.39 is 0 Å². The normalized spacial score (nSPS) is 14.7. The summed E-state index contributed by atoms with van der Waals surface area (Å²) >= 11 is 0. The first-order chi connectivity index (χ1) is 13.1. The fraction of sp³-hybridized carbons (Fsp3) is 0.400. The zero-order valence-electron chi connectivity index (χ0n) is 15.6. The van der Waals surface area contributed by atoms with Crippen LogP contribution in [0.5, 0.6) is 11.5 Å². The first kappa shape index (κ1) is 18.8. The minimum atomic E-state index is -0.123. The number of nitrogens with one attached hydrogen (secondary N) is 1. The smallest absolute Gasteiger partial charge is 0.289 e. The van der Waals surface area contributed by atoms with Crippen LogP contribution >= 0.6 is 0 Å². The number of ether oxygens (including phenoxy) is 2. The maximum atomic E-state index is 12.5. The first-order valence-electron chi connectivity index (χ1n) is 8.93. The van der Waals surface area contributed by atoms with Crippen molar-refractivity contribution < 1.29 is 23.5 Å². The van der Waals surface area contributed by atoms with Gasteiger partial charge in [0.15, 0.2) is 5.76 Å². The van der Waals surface area contributed by atoms with Gasteiger partial charge in [0.1, 0.15) is 11.5 Å². The van der Waals surface area contributed by atoms with Crippen LogP contribution in [0, 0.1) is 5.92 Å². The molecule has 7 nitrogen and oxygen atoms in total. The highest BCUT2D eigenvalue weighted by Crippen LogP contribution is 2.25. The highest BCUT2D eigenvalue weighted by molar-refractivity contribution is 5.91. The van der Waals surface area contributed by atoms with Crippen molar-refractivity contribution in [3.05, 3.63) is 47.9 Å². The third-order valence-corrected chi connectivity index (χ3v) is 4.83. The monoisotopic (exact) mass is 372 g/mol. The molecule has 1 aliphatic rings. The zero-order chi connectivity index (χ0) is 19.2. The fourth-order valence-electron chi connectivity index (χ4n) is 3.23. The number of carbonyl (C=O) groups excluding carboxylic acids is 2. The summed E-state index contributed by atoms with van der Waals surface area (Å²) in [5.74, 6) is 1.49. The summed E-state index contributed by atoms with van der Waals surface area (Å²) in [5, 5.41) is 2.97. The summed E-state index contributed by atoms with van der Waals surface area (Å²) in [5.41, 5.74) is 0.886. The van der Waals surface area contributed by atoms with Crippen molar-refractivity contribution in [3.8, 4) is 11.5 Å². The van der Waals surface area contributed by atoms with Gasteiger partial charge in [0.2, 0.25) is 5.91 Å². The standard InChI is InChI=1S/C20H24N2O5/c1-25-16-6-5-15(18(12-16)26-2)13-21-19(23)14-7-9-22(10-8-14)20(24)17-4-3-11-27-17/h3-6,11-12,14H,7-10,13H2,1-2H3,(H,21,23). The molecule has 1 aromatic carbocycles. The SMILES string of the molecule is COc1ccc(CNC(=O)C2CCN(C(=O)c3ccco3)CC2)c(OC)c1. The van der Waals surface area contributed by atoms with E-state index in [9.17, 15) is 9.59 Å². The van der Waals surface area contributed by atoms with Crippen molar-refractivity contribution in [3.63, 3.8) is 0 Å². The predicted molar refractivity (Wildman–Crippen MR) is 98.7 cm³/mol. The van der Waals surface area contributed by atoms with Crippen LogP contribution < -0.4 is 14.8 Å². The molecule has 1 aliphatic heterocycles. The number of nitrogens with zero attached hydrogens (tertiary/aromatic N) is 1. The Morgan fingerprint density at radius 1 is 1.19 bits per heavy atom. The highest BCUT2D eigenvalue weighted by atomic mass is 16.5. The molecule has 0 radical (unpaired) electrons. The van der Waals surface area contributed by atoms with Gasteiger partial charge in [-0.1, -0.05) is 0 Å². The Labute approximate surface area is 158 Å². The number of piperidine rings is 1. The first-order valence-corrected chi connectivity index (χ1v) is 8.93. The van der Waals surface area contributed by atoms with E-state index in [-0.39, 0.29) is 17.7 Å². The molecule has 2 amide bonds. The number of benzene rings is 1. The topological polar surface area (TPSA) is 81.0 Å². The van der Waals surface area contributed by atoms with Crippen molar-refractivity contribution in [2.75, 3.05) is 27.3 Å². The molecule has 144 valence electrons. The number of methoxy groups -OCH3 is 2. The molecule has 27 heavy (non-hydrogen) atoms. The average molecular weight is 372 g/mol. The largest absolute Gasteiger partial charge is 0.497 e. The summed E-state index contributed by atoms with van der Waals surface area (Å²) in [6.45, 7) is 1.48. The Kier molecular flexibility index (Phi) is 6.01. The molecular weight excluding hydrogens is 348 g/mol. The van der Waals surface area contributed by atoms with Crippen molar-refractivity contribution in [2.45, 2.75) is 19.4 Å². The molecule has 3 rings (SSSR count). The molecule has 1 aromatic heterocycles. The number of hydrogen-bond donors (Lipinski definition) is 1. The number of amides is 2. The second-order valence-corrected chi connectivity index (χ2v) is 6.44. The van der Waals surface area contributed by atoms with E-state index in [4.69, 9.17) is 13.9 Å². The van der Waals surface area contributed by atoms with Gasteiger partial charge >= 0.3 is 0 Å². The van der Waals surface area contributed by atoms with E-state index in [0.29, 0.717) is 49.7 Å². The lowest BCUT2D eigenvalue weighted by Gasteiger charge is -2.30. The lowest BCUT2D eigenvalue weighted by molar-refractivity contribution is -0.126. The minimum Gasteiger partial charge on any atom is -0.497 e. The lowest BCUT2D eigenvalue weighted by atomic mass is 9.95. The molecule has 0 unspecified atom stereocenters. The molecule has 1 N–H and O–H groups in total. The van der Waals surface area contributed by atoms with Gasteiger partial charge in [-0.25, -0.2) is 0 Å². The van der Waals surface area contributed by atoms with Gasteiger partial charge in [-0.05, 0) is 37.1 Å². The second-order valence-electron chi connectivity index (χ2n) is 6.44. The molecule has 2 aromatic rings. The summed E-state index contributed by atoms with van der Waals surface area (Å²) in [6.07, 6.45) is 2.76. The molecule has 0 aliphatic carbocycles. The maximum Gasteiger partial charge on any atom is 0.289 e. The third-order valence-electron chi connectivity index (χ3n) is 4.83. The van der Waals surface area contributed by atoms with Crippen LogP contribution in [0.1, 0.15) is 29.0 Å². The average Bonchev–Trinajstić information content (AvgIpc) is 3.26. The minimum absolute atomic E-state index is 0.00188. The summed E-state index contributed by atoms with van der Waals surface area (Å²) in [7, 11) is 3.19. The number of hydrogen-bond acceptors (Lipinski definition) is 5. The van der Waals surface area contributed by atoms with E-state index >= 15 is 0 Å². The molecule has 1 fully saturated rings. The van der Waals surface area contributed by atoms with Crippen molar-refractivity contribution in [1.29, 1.82) is 0 Å². The van der Waals surface area contributed by atoms with Crippen LogP contribution in [-0.2, 0) is 11.3 Å². The Morgan fingerprint density at radius 2 is 1.96 bits per heavy atom. The van der Waals surface area contributed by atoms with Gasteiger partial charge in [-0.3, -0.25) is 9.59 Å². The van der Waals surface area contributed by atoms with Crippen molar-refractivity contribution in [2.24, 2.45) is 5.92 Å². The highest BCUT2D eigenvalue weighted by Gasteiger charge is 2.28. The number of furan rings is 1. The van der Waals surface area contributed by atoms with Crippen molar-refractivity contribution in [1.82, 2.24) is 10.2 Å². The molecule has 1 saturated heterocycles. The summed E-state index contributed by atoms with van der Waals surface area (Å²) in [4.78, 5) is 26.5. The fourth-order valence-corrected chi connectivity index (χ4v) is 3.23. The summed E-state index contributed by atoms with van der Waals surface area (Å²) < 4.78 is 15.7. The van der Waals surface area contributed by atoms with Crippen molar-refractivity contribution >= 4 is 11.8 Å². The zero-order valence-corrected chi connectivity index (χ0v) is 15.6.